The Labute approximate surface area is 100 Å². The fourth-order valence-electron chi connectivity index (χ4n) is 1.22. The summed E-state index contributed by atoms with van der Waals surface area (Å²) in [7, 11) is 1.71. The van der Waals surface area contributed by atoms with Crippen LogP contribution in [0.3, 0.4) is 0 Å². The SMILES string of the molecule is COCCCCOCCC1=NNC(=N)SC1. The van der Waals surface area contributed by atoms with E-state index in [0.717, 1.165) is 43.9 Å². The van der Waals surface area contributed by atoms with Gasteiger partial charge >= 0.3 is 0 Å². The van der Waals surface area contributed by atoms with Crippen LogP contribution in [0.4, 0.5) is 0 Å². The smallest absolute Gasteiger partial charge is 0.174 e. The molecule has 5 nitrogen and oxygen atoms in total. The molecular formula is C10H19N3O2S. The predicted molar refractivity (Wildman–Crippen MR) is 67.3 cm³/mol. The highest BCUT2D eigenvalue weighted by Gasteiger charge is 2.08. The van der Waals surface area contributed by atoms with E-state index in [1.54, 1.807) is 7.11 Å². The van der Waals surface area contributed by atoms with E-state index in [2.05, 4.69) is 10.5 Å². The number of hydrogen-bond acceptors (Lipinski definition) is 5. The molecule has 0 fully saturated rings. The minimum Gasteiger partial charge on any atom is -0.385 e. The molecule has 0 amide bonds. The van der Waals surface area contributed by atoms with Gasteiger partial charge < -0.3 is 9.47 Å². The molecule has 0 aromatic rings. The van der Waals surface area contributed by atoms with Crippen molar-refractivity contribution >= 4 is 22.6 Å². The molecule has 0 aromatic carbocycles. The van der Waals surface area contributed by atoms with Gasteiger partial charge in [0.05, 0.1) is 12.3 Å². The average molecular weight is 245 g/mol. The van der Waals surface area contributed by atoms with Gasteiger partial charge in [0.1, 0.15) is 0 Å². The molecule has 0 aliphatic carbocycles. The minimum absolute atomic E-state index is 0.421. The van der Waals surface area contributed by atoms with E-state index in [9.17, 15) is 0 Å². The zero-order chi connectivity index (χ0) is 11.6. The van der Waals surface area contributed by atoms with Crippen molar-refractivity contribution in [3.63, 3.8) is 0 Å². The van der Waals surface area contributed by atoms with Gasteiger partial charge in [-0.3, -0.25) is 10.8 Å². The Morgan fingerprint density at radius 2 is 2.19 bits per heavy atom. The average Bonchev–Trinajstić information content (AvgIpc) is 2.30. The number of thioether (sulfide) groups is 1. The lowest BCUT2D eigenvalue weighted by atomic mass is 10.3. The van der Waals surface area contributed by atoms with Crippen LogP contribution >= 0.6 is 11.8 Å². The molecule has 0 aromatic heterocycles. The molecule has 6 heteroatoms. The largest absolute Gasteiger partial charge is 0.385 e. The first-order chi connectivity index (χ1) is 7.83. The van der Waals surface area contributed by atoms with Crippen LogP contribution in [0.5, 0.6) is 0 Å². The topological polar surface area (TPSA) is 66.7 Å². The van der Waals surface area contributed by atoms with Gasteiger partial charge in [-0.1, -0.05) is 11.8 Å². The number of amidine groups is 1. The lowest BCUT2D eigenvalue weighted by molar-refractivity contribution is 0.124. The third-order valence-electron chi connectivity index (χ3n) is 2.12. The Bertz CT molecular complexity index is 246. The highest BCUT2D eigenvalue weighted by molar-refractivity contribution is 8.14. The van der Waals surface area contributed by atoms with Crippen molar-refractivity contribution in [3.05, 3.63) is 0 Å². The van der Waals surface area contributed by atoms with Crippen molar-refractivity contribution in [3.8, 4) is 0 Å². The number of nitrogens with zero attached hydrogens (tertiary/aromatic N) is 1. The molecule has 0 atom stereocenters. The van der Waals surface area contributed by atoms with E-state index in [-0.39, 0.29) is 0 Å². The van der Waals surface area contributed by atoms with Crippen LogP contribution in [0, 0.1) is 5.41 Å². The molecule has 0 unspecified atom stereocenters. The van der Waals surface area contributed by atoms with Crippen molar-refractivity contribution in [1.82, 2.24) is 5.43 Å². The van der Waals surface area contributed by atoms with E-state index in [4.69, 9.17) is 14.9 Å². The second kappa shape index (κ2) is 8.55. The summed E-state index contributed by atoms with van der Waals surface area (Å²) < 4.78 is 10.4. The zero-order valence-electron chi connectivity index (χ0n) is 9.62. The summed E-state index contributed by atoms with van der Waals surface area (Å²) in [6.07, 6.45) is 2.93. The summed E-state index contributed by atoms with van der Waals surface area (Å²) in [5.41, 5.74) is 3.73. The standard InChI is InChI=1S/C10H19N3O2S/c1-14-5-2-3-6-15-7-4-9-8-16-10(11)13-12-9/h2-8H2,1H3,(H2,11,13). The zero-order valence-corrected chi connectivity index (χ0v) is 10.4. The molecule has 1 heterocycles. The van der Waals surface area contributed by atoms with E-state index in [1.165, 1.54) is 11.8 Å². The Kier molecular flexibility index (Phi) is 7.20. The van der Waals surface area contributed by atoms with Crippen molar-refractivity contribution < 1.29 is 9.47 Å². The van der Waals surface area contributed by atoms with Crippen LogP contribution in [0.1, 0.15) is 19.3 Å². The van der Waals surface area contributed by atoms with Crippen LogP contribution in [0.15, 0.2) is 5.10 Å². The van der Waals surface area contributed by atoms with Gasteiger partial charge in [-0.15, -0.1) is 0 Å². The van der Waals surface area contributed by atoms with Gasteiger partial charge in [0.2, 0.25) is 0 Å². The van der Waals surface area contributed by atoms with E-state index in [1.807, 2.05) is 0 Å². The quantitative estimate of drug-likeness (QED) is 0.635. The molecule has 16 heavy (non-hydrogen) atoms. The van der Waals surface area contributed by atoms with Crippen molar-refractivity contribution in [2.45, 2.75) is 19.3 Å². The summed E-state index contributed by atoms with van der Waals surface area (Å²) in [4.78, 5) is 0. The number of ether oxygens (including phenoxy) is 2. The van der Waals surface area contributed by atoms with Gasteiger partial charge in [0, 0.05) is 32.5 Å². The first-order valence-corrected chi connectivity index (χ1v) is 6.41. The predicted octanol–water partition coefficient (Wildman–Crippen LogP) is 1.45. The van der Waals surface area contributed by atoms with Gasteiger partial charge in [0.25, 0.3) is 0 Å². The highest BCUT2D eigenvalue weighted by Crippen LogP contribution is 2.08. The maximum absolute atomic E-state index is 7.29. The fraction of sp³-hybridized carbons (Fsp3) is 0.800. The second-order valence-electron chi connectivity index (χ2n) is 3.47. The number of hydrazone groups is 1. The monoisotopic (exact) mass is 245 g/mol. The summed E-state index contributed by atoms with van der Waals surface area (Å²) in [5, 5.41) is 11.8. The van der Waals surface area contributed by atoms with Gasteiger partial charge in [-0.25, -0.2) is 0 Å². The molecular weight excluding hydrogens is 226 g/mol. The minimum atomic E-state index is 0.421. The summed E-state index contributed by atoms with van der Waals surface area (Å²) >= 11 is 1.47. The third-order valence-corrected chi connectivity index (χ3v) is 2.98. The maximum Gasteiger partial charge on any atom is 0.174 e. The number of methoxy groups -OCH3 is 1. The molecule has 92 valence electrons. The van der Waals surface area contributed by atoms with Crippen molar-refractivity contribution in [1.29, 1.82) is 5.41 Å². The Morgan fingerprint density at radius 1 is 1.38 bits per heavy atom. The van der Waals surface area contributed by atoms with Gasteiger partial charge in [0.15, 0.2) is 5.17 Å². The van der Waals surface area contributed by atoms with Crippen molar-refractivity contribution in [2.24, 2.45) is 5.10 Å². The molecule has 1 aliphatic rings. The second-order valence-corrected chi connectivity index (χ2v) is 4.46. The van der Waals surface area contributed by atoms with Crippen LogP contribution in [-0.4, -0.2) is 43.6 Å². The van der Waals surface area contributed by atoms with Gasteiger partial charge in [-0.05, 0) is 12.8 Å². The lowest BCUT2D eigenvalue weighted by Crippen LogP contribution is -2.24. The number of hydrogen-bond donors (Lipinski definition) is 2. The van der Waals surface area contributed by atoms with Crippen molar-refractivity contribution in [2.75, 3.05) is 32.7 Å². The van der Waals surface area contributed by atoms with Gasteiger partial charge in [-0.2, -0.15) is 5.10 Å². The number of rotatable bonds is 8. The molecule has 1 rings (SSSR count). The van der Waals surface area contributed by atoms with E-state index >= 15 is 0 Å². The highest BCUT2D eigenvalue weighted by atomic mass is 32.2. The molecule has 0 bridgehead atoms. The summed E-state index contributed by atoms with van der Waals surface area (Å²) in [5.74, 6) is 0.804. The number of nitrogens with one attached hydrogen (secondary N) is 2. The Morgan fingerprint density at radius 3 is 2.88 bits per heavy atom. The van der Waals surface area contributed by atoms with Crippen LogP contribution in [0.2, 0.25) is 0 Å². The first kappa shape index (κ1) is 13.5. The van der Waals surface area contributed by atoms with Crippen LogP contribution in [-0.2, 0) is 9.47 Å². The molecule has 2 N–H and O–H groups in total. The first-order valence-electron chi connectivity index (χ1n) is 5.42. The lowest BCUT2D eigenvalue weighted by Gasteiger charge is -2.13. The Balaban J connectivity index is 1.93. The summed E-state index contributed by atoms with van der Waals surface area (Å²) in [6.45, 7) is 2.30. The summed E-state index contributed by atoms with van der Waals surface area (Å²) in [6, 6.07) is 0. The van der Waals surface area contributed by atoms with Crippen LogP contribution in [0.25, 0.3) is 0 Å². The van der Waals surface area contributed by atoms with Crippen LogP contribution < -0.4 is 5.43 Å². The molecule has 0 radical (unpaired) electrons. The molecule has 0 saturated carbocycles. The van der Waals surface area contributed by atoms with E-state index < -0.39 is 0 Å². The molecule has 1 aliphatic heterocycles. The Hall–Kier alpha value is -0.590. The molecule has 0 spiro atoms. The third kappa shape index (κ3) is 6.09. The molecule has 0 saturated heterocycles. The van der Waals surface area contributed by atoms with E-state index in [0.29, 0.717) is 11.8 Å². The normalized spacial score (nSPS) is 15.8. The number of unbranched alkanes of at least 4 members (excludes halogenated alkanes) is 1. The fourth-order valence-corrected chi connectivity index (χ4v) is 1.85. The maximum atomic E-state index is 7.29.